The van der Waals surface area contributed by atoms with Crippen molar-refractivity contribution in [1.82, 2.24) is 9.55 Å². The van der Waals surface area contributed by atoms with E-state index in [4.69, 9.17) is 9.47 Å². The summed E-state index contributed by atoms with van der Waals surface area (Å²) in [5.41, 5.74) is 0.734. The smallest absolute Gasteiger partial charge is 0.184 e. The molecule has 0 saturated carbocycles. The molecule has 0 aliphatic carbocycles. The number of rotatable bonds is 4. The number of hydrogen-bond donors (Lipinski definition) is 0. The zero-order valence-electron chi connectivity index (χ0n) is 10.3. The molecule has 18 heavy (non-hydrogen) atoms. The molecule has 0 bridgehead atoms. The van der Waals surface area contributed by atoms with E-state index in [0.717, 1.165) is 5.69 Å². The minimum absolute atomic E-state index is 0.0168. The Hall–Kier alpha value is -2.30. The van der Waals surface area contributed by atoms with Crippen molar-refractivity contribution in [3.8, 4) is 11.5 Å². The van der Waals surface area contributed by atoms with Gasteiger partial charge in [-0.05, 0) is 0 Å². The Morgan fingerprint density at radius 3 is 2.50 bits per heavy atom. The zero-order chi connectivity index (χ0) is 13.0. The first-order valence-corrected chi connectivity index (χ1v) is 5.46. The highest BCUT2D eigenvalue weighted by Gasteiger charge is 2.10. The van der Waals surface area contributed by atoms with Crippen molar-refractivity contribution < 1.29 is 9.47 Å². The van der Waals surface area contributed by atoms with Crippen LogP contribution in [0.4, 0.5) is 0 Å². The fourth-order valence-electron chi connectivity index (χ4n) is 1.69. The SMILES string of the molecule is COc1ccnc(Cn2ccc(=O)cc2)c1OC. The molecule has 2 heterocycles. The van der Waals surface area contributed by atoms with Gasteiger partial charge in [-0.15, -0.1) is 0 Å². The lowest BCUT2D eigenvalue weighted by atomic mass is 10.3. The Labute approximate surface area is 105 Å². The number of pyridine rings is 2. The maximum atomic E-state index is 11.0. The monoisotopic (exact) mass is 246 g/mol. The van der Waals surface area contributed by atoms with E-state index in [-0.39, 0.29) is 5.43 Å². The van der Waals surface area contributed by atoms with Gasteiger partial charge in [0, 0.05) is 36.8 Å². The molecule has 0 fully saturated rings. The molecule has 0 radical (unpaired) electrons. The molecule has 94 valence electrons. The summed E-state index contributed by atoms with van der Waals surface area (Å²) < 4.78 is 12.4. The molecule has 0 aliphatic rings. The first-order chi connectivity index (χ1) is 8.74. The molecule has 0 atom stereocenters. The summed E-state index contributed by atoms with van der Waals surface area (Å²) >= 11 is 0. The number of aromatic nitrogens is 2. The minimum Gasteiger partial charge on any atom is -0.493 e. The summed E-state index contributed by atoms with van der Waals surface area (Å²) in [6.45, 7) is 0.515. The predicted molar refractivity (Wildman–Crippen MR) is 67.1 cm³/mol. The van der Waals surface area contributed by atoms with Gasteiger partial charge in [0.2, 0.25) is 0 Å². The van der Waals surface area contributed by atoms with Gasteiger partial charge in [-0.2, -0.15) is 0 Å². The van der Waals surface area contributed by atoms with Gasteiger partial charge in [-0.3, -0.25) is 9.78 Å². The Balaban J connectivity index is 2.33. The average molecular weight is 246 g/mol. The largest absolute Gasteiger partial charge is 0.493 e. The Morgan fingerprint density at radius 2 is 1.89 bits per heavy atom. The normalized spacial score (nSPS) is 10.1. The number of ether oxygens (including phenoxy) is 2. The molecule has 0 saturated heterocycles. The van der Waals surface area contributed by atoms with Crippen LogP contribution in [0.5, 0.6) is 11.5 Å². The van der Waals surface area contributed by atoms with E-state index in [1.165, 1.54) is 12.1 Å². The van der Waals surface area contributed by atoms with Crippen LogP contribution in [0, 0.1) is 0 Å². The van der Waals surface area contributed by atoms with Gasteiger partial charge in [-0.25, -0.2) is 0 Å². The van der Waals surface area contributed by atoms with Crippen LogP contribution in [-0.4, -0.2) is 23.8 Å². The van der Waals surface area contributed by atoms with E-state index in [2.05, 4.69) is 4.98 Å². The first-order valence-electron chi connectivity index (χ1n) is 5.46. The lowest BCUT2D eigenvalue weighted by Crippen LogP contribution is -2.07. The highest BCUT2D eigenvalue weighted by Crippen LogP contribution is 2.29. The molecule has 5 nitrogen and oxygen atoms in total. The maximum absolute atomic E-state index is 11.0. The van der Waals surface area contributed by atoms with Crippen LogP contribution in [0.3, 0.4) is 0 Å². The number of methoxy groups -OCH3 is 2. The van der Waals surface area contributed by atoms with E-state index in [1.54, 1.807) is 38.9 Å². The van der Waals surface area contributed by atoms with Crippen molar-refractivity contribution in [2.24, 2.45) is 0 Å². The lowest BCUT2D eigenvalue weighted by molar-refractivity contribution is 0.348. The third kappa shape index (κ3) is 2.51. The topological polar surface area (TPSA) is 53.4 Å². The summed E-state index contributed by atoms with van der Waals surface area (Å²) in [5, 5.41) is 0. The van der Waals surface area contributed by atoms with Crippen LogP contribution in [-0.2, 0) is 6.54 Å². The molecular weight excluding hydrogens is 232 g/mol. The Bertz CT molecular complexity index is 573. The predicted octanol–water partition coefficient (Wildman–Crippen LogP) is 1.31. The van der Waals surface area contributed by atoms with Crippen molar-refractivity contribution in [2.75, 3.05) is 14.2 Å². The van der Waals surface area contributed by atoms with Gasteiger partial charge in [0.05, 0.1) is 20.8 Å². The van der Waals surface area contributed by atoms with Crippen molar-refractivity contribution in [2.45, 2.75) is 6.54 Å². The maximum Gasteiger partial charge on any atom is 0.184 e. The summed E-state index contributed by atoms with van der Waals surface area (Å²) in [4.78, 5) is 15.3. The molecule has 0 unspecified atom stereocenters. The second kappa shape index (κ2) is 5.35. The lowest BCUT2D eigenvalue weighted by Gasteiger charge is -2.12. The van der Waals surface area contributed by atoms with Crippen LogP contribution in [0.2, 0.25) is 0 Å². The number of hydrogen-bond acceptors (Lipinski definition) is 4. The molecule has 0 aromatic carbocycles. The van der Waals surface area contributed by atoms with Crippen molar-refractivity contribution in [1.29, 1.82) is 0 Å². The van der Waals surface area contributed by atoms with Crippen LogP contribution in [0.15, 0.2) is 41.6 Å². The van der Waals surface area contributed by atoms with E-state index < -0.39 is 0 Å². The summed E-state index contributed by atoms with van der Waals surface area (Å²) in [6, 6.07) is 4.76. The highest BCUT2D eigenvalue weighted by atomic mass is 16.5. The van der Waals surface area contributed by atoms with E-state index in [1.807, 2.05) is 4.57 Å². The van der Waals surface area contributed by atoms with E-state index in [9.17, 15) is 4.79 Å². The Kier molecular flexibility index (Phi) is 3.62. The molecule has 0 aliphatic heterocycles. The van der Waals surface area contributed by atoms with E-state index >= 15 is 0 Å². The molecule has 5 heteroatoms. The Morgan fingerprint density at radius 1 is 1.17 bits per heavy atom. The third-order valence-corrected chi connectivity index (χ3v) is 2.56. The summed E-state index contributed by atoms with van der Waals surface area (Å²) in [5.74, 6) is 1.25. The summed E-state index contributed by atoms with van der Waals surface area (Å²) in [7, 11) is 3.16. The minimum atomic E-state index is -0.0168. The van der Waals surface area contributed by atoms with Gasteiger partial charge in [-0.1, -0.05) is 0 Å². The molecule has 2 rings (SSSR count). The quantitative estimate of drug-likeness (QED) is 0.816. The molecular formula is C13H14N2O3. The van der Waals surface area contributed by atoms with Gasteiger partial charge < -0.3 is 14.0 Å². The summed E-state index contributed by atoms with van der Waals surface area (Å²) in [6.07, 6.45) is 5.09. The third-order valence-electron chi connectivity index (χ3n) is 2.56. The zero-order valence-corrected chi connectivity index (χ0v) is 10.3. The second-order valence-corrected chi connectivity index (χ2v) is 3.70. The molecule has 0 spiro atoms. The fraction of sp³-hybridized carbons (Fsp3) is 0.231. The molecule has 2 aromatic rings. The van der Waals surface area contributed by atoms with Crippen molar-refractivity contribution >= 4 is 0 Å². The van der Waals surface area contributed by atoms with Crippen LogP contribution in [0.1, 0.15) is 5.69 Å². The fourth-order valence-corrected chi connectivity index (χ4v) is 1.69. The van der Waals surface area contributed by atoms with Crippen molar-refractivity contribution in [3.05, 3.63) is 52.7 Å². The first kappa shape index (κ1) is 12.2. The van der Waals surface area contributed by atoms with Gasteiger partial charge in [0.15, 0.2) is 16.9 Å². The van der Waals surface area contributed by atoms with Crippen LogP contribution in [0.25, 0.3) is 0 Å². The molecule has 0 N–H and O–H groups in total. The average Bonchev–Trinajstić information content (AvgIpc) is 2.41. The van der Waals surface area contributed by atoms with Crippen molar-refractivity contribution in [3.63, 3.8) is 0 Å². The number of nitrogens with zero attached hydrogens (tertiary/aromatic N) is 2. The van der Waals surface area contributed by atoms with Crippen LogP contribution < -0.4 is 14.9 Å². The highest BCUT2D eigenvalue weighted by molar-refractivity contribution is 5.42. The van der Waals surface area contributed by atoms with Crippen LogP contribution >= 0.6 is 0 Å². The van der Waals surface area contributed by atoms with Gasteiger partial charge in [0.1, 0.15) is 5.69 Å². The van der Waals surface area contributed by atoms with Gasteiger partial charge >= 0.3 is 0 Å². The van der Waals surface area contributed by atoms with Gasteiger partial charge in [0.25, 0.3) is 0 Å². The molecule has 0 amide bonds. The standard InChI is InChI=1S/C13H14N2O3/c1-17-12-3-6-14-11(13(12)18-2)9-15-7-4-10(16)5-8-15/h3-8H,9H2,1-2H3. The molecule has 2 aromatic heterocycles. The second-order valence-electron chi connectivity index (χ2n) is 3.70. The van der Waals surface area contributed by atoms with E-state index in [0.29, 0.717) is 18.0 Å².